The highest BCUT2D eigenvalue weighted by Crippen LogP contribution is 2.25. The second-order valence-electron chi connectivity index (χ2n) is 4.64. The van der Waals surface area contributed by atoms with Gasteiger partial charge in [-0.05, 0) is 49.9 Å². The van der Waals surface area contributed by atoms with Gasteiger partial charge >= 0.3 is 0 Å². The Balaban J connectivity index is 2.07. The summed E-state index contributed by atoms with van der Waals surface area (Å²) in [7, 11) is 1.94. The van der Waals surface area contributed by atoms with Crippen molar-refractivity contribution in [3.8, 4) is 0 Å². The van der Waals surface area contributed by atoms with E-state index >= 15 is 0 Å². The van der Waals surface area contributed by atoms with E-state index in [0.717, 1.165) is 22.4 Å². The highest BCUT2D eigenvalue weighted by atomic mass is 16.3. The number of fused-ring (bicyclic) bond motifs is 1. The van der Waals surface area contributed by atoms with E-state index in [4.69, 9.17) is 4.42 Å². The molecule has 3 rings (SSSR count). The van der Waals surface area contributed by atoms with Crippen LogP contribution in [0.1, 0.15) is 23.1 Å². The number of pyridine rings is 1. The van der Waals surface area contributed by atoms with Gasteiger partial charge in [0.25, 0.3) is 0 Å². The fourth-order valence-electron chi connectivity index (χ4n) is 2.35. The molecule has 0 spiro atoms. The Morgan fingerprint density at radius 2 is 2.05 bits per heavy atom. The molecule has 1 aromatic carbocycles. The van der Waals surface area contributed by atoms with Gasteiger partial charge in [-0.15, -0.1) is 0 Å². The zero-order valence-corrected chi connectivity index (χ0v) is 11.1. The third kappa shape index (κ3) is 2.25. The van der Waals surface area contributed by atoms with Gasteiger partial charge in [-0.2, -0.15) is 0 Å². The summed E-state index contributed by atoms with van der Waals surface area (Å²) in [6, 6.07) is 14.4. The SMILES string of the molecule is CNC(c1ccc2nc(C)ccc2c1)c1ccco1. The molecule has 0 fully saturated rings. The van der Waals surface area contributed by atoms with Crippen molar-refractivity contribution in [3.63, 3.8) is 0 Å². The molecular weight excluding hydrogens is 236 g/mol. The van der Waals surface area contributed by atoms with Crippen LogP contribution in [0.4, 0.5) is 0 Å². The van der Waals surface area contributed by atoms with E-state index in [-0.39, 0.29) is 6.04 Å². The van der Waals surface area contributed by atoms with Gasteiger partial charge in [0.2, 0.25) is 0 Å². The summed E-state index contributed by atoms with van der Waals surface area (Å²) < 4.78 is 5.49. The summed E-state index contributed by atoms with van der Waals surface area (Å²) in [5, 5.41) is 4.43. The molecule has 3 heteroatoms. The molecule has 0 saturated heterocycles. The average Bonchev–Trinajstić information content (AvgIpc) is 2.93. The van der Waals surface area contributed by atoms with E-state index in [9.17, 15) is 0 Å². The molecule has 1 N–H and O–H groups in total. The zero-order valence-electron chi connectivity index (χ0n) is 11.1. The minimum absolute atomic E-state index is 0.0701. The number of nitrogens with zero attached hydrogens (tertiary/aromatic N) is 1. The Labute approximate surface area is 112 Å². The second-order valence-corrected chi connectivity index (χ2v) is 4.64. The molecule has 0 aliphatic heterocycles. The predicted octanol–water partition coefficient (Wildman–Crippen LogP) is 3.45. The lowest BCUT2D eigenvalue weighted by molar-refractivity contribution is 0.463. The Kier molecular flexibility index (Phi) is 3.05. The molecule has 0 radical (unpaired) electrons. The maximum atomic E-state index is 5.49. The van der Waals surface area contributed by atoms with E-state index in [1.54, 1.807) is 6.26 Å². The summed E-state index contributed by atoms with van der Waals surface area (Å²) in [6.45, 7) is 2.01. The standard InChI is InChI=1S/C16H16N2O/c1-11-5-6-12-10-13(7-8-14(12)18-11)16(17-2)15-4-3-9-19-15/h3-10,16-17H,1-2H3. The van der Waals surface area contributed by atoms with Crippen LogP contribution in [-0.4, -0.2) is 12.0 Å². The van der Waals surface area contributed by atoms with Crippen molar-refractivity contribution in [1.82, 2.24) is 10.3 Å². The molecule has 19 heavy (non-hydrogen) atoms. The summed E-state index contributed by atoms with van der Waals surface area (Å²) in [6.07, 6.45) is 1.70. The van der Waals surface area contributed by atoms with Crippen LogP contribution < -0.4 is 5.32 Å². The Morgan fingerprint density at radius 3 is 2.79 bits per heavy atom. The molecule has 2 heterocycles. The van der Waals surface area contributed by atoms with Gasteiger partial charge in [0.15, 0.2) is 0 Å². The van der Waals surface area contributed by atoms with E-state index in [0.29, 0.717) is 0 Å². The molecule has 2 aromatic heterocycles. The van der Waals surface area contributed by atoms with Crippen LogP contribution in [0.15, 0.2) is 53.1 Å². The fraction of sp³-hybridized carbons (Fsp3) is 0.188. The highest BCUT2D eigenvalue weighted by molar-refractivity contribution is 5.79. The number of aromatic nitrogens is 1. The maximum absolute atomic E-state index is 5.49. The van der Waals surface area contributed by atoms with E-state index in [1.165, 1.54) is 5.56 Å². The minimum Gasteiger partial charge on any atom is -0.467 e. The molecule has 1 unspecified atom stereocenters. The van der Waals surface area contributed by atoms with Crippen LogP contribution in [0.5, 0.6) is 0 Å². The molecule has 0 aliphatic rings. The van der Waals surface area contributed by atoms with E-state index in [2.05, 4.69) is 34.6 Å². The van der Waals surface area contributed by atoms with Crippen LogP contribution in [0, 0.1) is 6.92 Å². The van der Waals surface area contributed by atoms with Crippen molar-refractivity contribution in [2.24, 2.45) is 0 Å². The number of nitrogens with one attached hydrogen (secondary N) is 1. The zero-order chi connectivity index (χ0) is 13.2. The lowest BCUT2D eigenvalue weighted by Crippen LogP contribution is -2.16. The number of furan rings is 1. The largest absolute Gasteiger partial charge is 0.467 e. The molecule has 0 saturated carbocycles. The van der Waals surface area contributed by atoms with Crippen LogP contribution in [-0.2, 0) is 0 Å². The first kappa shape index (κ1) is 11.9. The minimum atomic E-state index is 0.0701. The van der Waals surface area contributed by atoms with Gasteiger partial charge in [-0.3, -0.25) is 4.98 Å². The lowest BCUT2D eigenvalue weighted by Gasteiger charge is -2.14. The van der Waals surface area contributed by atoms with Crippen LogP contribution in [0.3, 0.4) is 0 Å². The van der Waals surface area contributed by atoms with Gasteiger partial charge in [0, 0.05) is 11.1 Å². The average molecular weight is 252 g/mol. The van der Waals surface area contributed by atoms with Crippen molar-refractivity contribution >= 4 is 10.9 Å². The Morgan fingerprint density at radius 1 is 1.16 bits per heavy atom. The van der Waals surface area contributed by atoms with Crippen LogP contribution in [0.25, 0.3) is 10.9 Å². The third-order valence-electron chi connectivity index (χ3n) is 3.30. The summed E-state index contributed by atoms with van der Waals surface area (Å²) >= 11 is 0. The monoisotopic (exact) mass is 252 g/mol. The number of hydrogen-bond acceptors (Lipinski definition) is 3. The predicted molar refractivity (Wildman–Crippen MR) is 76.1 cm³/mol. The van der Waals surface area contributed by atoms with Crippen LogP contribution in [0.2, 0.25) is 0 Å². The summed E-state index contributed by atoms with van der Waals surface area (Å²) in [4.78, 5) is 4.52. The first-order valence-electron chi connectivity index (χ1n) is 6.36. The van der Waals surface area contributed by atoms with Crippen molar-refractivity contribution in [2.75, 3.05) is 7.05 Å². The molecule has 0 aliphatic carbocycles. The first-order chi connectivity index (χ1) is 9.28. The van der Waals surface area contributed by atoms with Gasteiger partial charge in [0.1, 0.15) is 5.76 Å². The number of aryl methyl sites for hydroxylation is 1. The van der Waals surface area contributed by atoms with E-state index in [1.807, 2.05) is 32.2 Å². The molecule has 3 aromatic rings. The highest BCUT2D eigenvalue weighted by Gasteiger charge is 2.14. The van der Waals surface area contributed by atoms with Crippen LogP contribution >= 0.6 is 0 Å². The lowest BCUT2D eigenvalue weighted by atomic mass is 10.0. The molecule has 0 bridgehead atoms. The van der Waals surface area contributed by atoms with Crippen molar-refractivity contribution < 1.29 is 4.42 Å². The normalized spacial score (nSPS) is 12.7. The first-order valence-corrected chi connectivity index (χ1v) is 6.36. The summed E-state index contributed by atoms with van der Waals surface area (Å²) in [5.74, 6) is 0.918. The number of benzene rings is 1. The van der Waals surface area contributed by atoms with Gasteiger partial charge < -0.3 is 9.73 Å². The van der Waals surface area contributed by atoms with Gasteiger partial charge in [-0.25, -0.2) is 0 Å². The van der Waals surface area contributed by atoms with Gasteiger partial charge in [-0.1, -0.05) is 12.1 Å². The van der Waals surface area contributed by atoms with E-state index < -0.39 is 0 Å². The Hall–Kier alpha value is -2.13. The third-order valence-corrected chi connectivity index (χ3v) is 3.30. The smallest absolute Gasteiger partial charge is 0.125 e. The Bertz CT molecular complexity index is 689. The quantitative estimate of drug-likeness (QED) is 0.776. The molecular formula is C16H16N2O. The number of rotatable bonds is 3. The van der Waals surface area contributed by atoms with Gasteiger partial charge in [0.05, 0.1) is 17.8 Å². The topological polar surface area (TPSA) is 38.1 Å². The van der Waals surface area contributed by atoms with Crippen molar-refractivity contribution in [2.45, 2.75) is 13.0 Å². The second kappa shape index (κ2) is 4.86. The van der Waals surface area contributed by atoms with Crippen molar-refractivity contribution in [1.29, 1.82) is 0 Å². The molecule has 96 valence electrons. The number of hydrogen-bond donors (Lipinski definition) is 1. The summed E-state index contributed by atoms with van der Waals surface area (Å²) in [5.41, 5.74) is 3.24. The molecule has 3 nitrogen and oxygen atoms in total. The fourth-order valence-corrected chi connectivity index (χ4v) is 2.35. The van der Waals surface area contributed by atoms with Crippen molar-refractivity contribution in [3.05, 3.63) is 65.7 Å². The molecule has 1 atom stereocenters. The maximum Gasteiger partial charge on any atom is 0.125 e. The molecule has 0 amide bonds.